The summed E-state index contributed by atoms with van der Waals surface area (Å²) in [6.45, 7) is 7.58. The summed E-state index contributed by atoms with van der Waals surface area (Å²) in [5.41, 5.74) is 0. The monoisotopic (exact) mass is 199 g/mol. The van der Waals surface area contributed by atoms with Crippen molar-refractivity contribution in [3.8, 4) is 0 Å². The predicted molar refractivity (Wildman–Crippen MR) is 56.1 cm³/mol. The van der Waals surface area contributed by atoms with Crippen LogP contribution >= 0.6 is 0 Å². The van der Waals surface area contributed by atoms with Gasteiger partial charge >= 0.3 is 0 Å². The normalized spacial score (nSPS) is 16.4. The molecule has 1 heterocycles. The molecule has 1 aliphatic rings. The molecule has 0 spiro atoms. The molecule has 0 aromatic carbocycles. The number of rotatable bonds is 6. The maximum absolute atomic E-state index is 11.8. The second-order valence-corrected chi connectivity index (χ2v) is 3.99. The minimum Gasteiger partial charge on any atom is -0.381 e. The van der Waals surface area contributed by atoms with Gasteiger partial charge in [-0.3, -0.25) is 4.79 Å². The number of nitrogens with zero attached hydrogens (tertiary/aromatic N) is 1. The summed E-state index contributed by atoms with van der Waals surface area (Å²) in [4.78, 5) is 13.8. The molecule has 0 aliphatic carbocycles. The third kappa shape index (κ3) is 3.29. The molecule has 1 amide bonds. The molecule has 3 heteroatoms. The quantitative estimate of drug-likeness (QED) is 0.651. The second kappa shape index (κ2) is 6.02. The highest BCUT2D eigenvalue weighted by atomic mass is 16.5. The Kier molecular flexibility index (Phi) is 4.94. The summed E-state index contributed by atoms with van der Waals surface area (Å²) in [6, 6.07) is 0. The Hall–Kier alpha value is -0.570. The van der Waals surface area contributed by atoms with E-state index in [0.717, 1.165) is 39.1 Å². The van der Waals surface area contributed by atoms with Gasteiger partial charge in [-0.25, -0.2) is 0 Å². The summed E-state index contributed by atoms with van der Waals surface area (Å²) in [5.74, 6) is 0.792. The van der Waals surface area contributed by atoms with Crippen LogP contribution in [0.2, 0.25) is 0 Å². The van der Waals surface area contributed by atoms with E-state index in [2.05, 4.69) is 13.8 Å². The lowest BCUT2D eigenvalue weighted by Gasteiger charge is -2.29. The van der Waals surface area contributed by atoms with Crippen molar-refractivity contribution in [3.63, 3.8) is 0 Å². The summed E-state index contributed by atoms with van der Waals surface area (Å²) >= 11 is 0. The first-order valence-electron chi connectivity index (χ1n) is 5.63. The van der Waals surface area contributed by atoms with Crippen molar-refractivity contribution in [1.29, 1.82) is 0 Å². The van der Waals surface area contributed by atoms with E-state index in [-0.39, 0.29) is 0 Å². The lowest BCUT2D eigenvalue weighted by Crippen LogP contribution is -2.38. The molecule has 0 radical (unpaired) electrons. The number of carbonyl (C=O) groups excluding carboxylic acids is 1. The Morgan fingerprint density at radius 3 is 2.21 bits per heavy atom. The standard InChI is InChI=1S/C11H21NO2/c1-3-5-12(6-4-2)11(13)7-10-8-14-9-10/h10H,3-9H2,1-2H3. The molecule has 0 N–H and O–H groups in total. The van der Waals surface area contributed by atoms with Crippen LogP contribution < -0.4 is 0 Å². The summed E-state index contributed by atoms with van der Waals surface area (Å²) in [7, 11) is 0. The number of amides is 1. The van der Waals surface area contributed by atoms with Gasteiger partial charge in [0.15, 0.2) is 0 Å². The van der Waals surface area contributed by atoms with Crippen molar-refractivity contribution in [2.45, 2.75) is 33.1 Å². The summed E-state index contributed by atoms with van der Waals surface area (Å²) in [5, 5.41) is 0. The van der Waals surface area contributed by atoms with Gasteiger partial charge in [-0.1, -0.05) is 13.8 Å². The van der Waals surface area contributed by atoms with Gasteiger partial charge in [-0.05, 0) is 12.8 Å². The Morgan fingerprint density at radius 2 is 1.86 bits per heavy atom. The van der Waals surface area contributed by atoms with Crippen molar-refractivity contribution in [2.24, 2.45) is 5.92 Å². The first-order valence-corrected chi connectivity index (χ1v) is 5.63. The third-order valence-electron chi connectivity index (χ3n) is 2.51. The minimum atomic E-state index is 0.307. The van der Waals surface area contributed by atoms with Gasteiger partial charge in [0.1, 0.15) is 0 Å². The van der Waals surface area contributed by atoms with Gasteiger partial charge in [0.25, 0.3) is 0 Å². The van der Waals surface area contributed by atoms with E-state index in [9.17, 15) is 4.79 Å². The molecule has 0 bridgehead atoms. The Labute approximate surface area is 86.4 Å². The highest BCUT2D eigenvalue weighted by Gasteiger charge is 2.23. The van der Waals surface area contributed by atoms with Crippen LogP contribution in [0.5, 0.6) is 0 Å². The zero-order valence-electron chi connectivity index (χ0n) is 9.29. The smallest absolute Gasteiger partial charge is 0.223 e. The van der Waals surface area contributed by atoms with Gasteiger partial charge in [0.05, 0.1) is 13.2 Å². The average molecular weight is 199 g/mol. The van der Waals surface area contributed by atoms with Gasteiger partial charge in [0, 0.05) is 25.4 Å². The molecule has 1 saturated heterocycles. The van der Waals surface area contributed by atoms with Crippen LogP contribution in [0.4, 0.5) is 0 Å². The topological polar surface area (TPSA) is 29.5 Å². The number of carbonyl (C=O) groups is 1. The second-order valence-electron chi connectivity index (χ2n) is 3.99. The lowest BCUT2D eigenvalue weighted by atomic mass is 10.0. The van der Waals surface area contributed by atoms with E-state index < -0.39 is 0 Å². The first-order chi connectivity index (χ1) is 6.77. The highest BCUT2D eigenvalue weighted by Crippen LogP contribution is 2.15. The van der Waals surface area contributed by atoms with Crippen molar-refractivity contribution < 1.29 is 9.53 Å². The van der Waals surface area contributed by atoms with Crippen molar-refractivity contribution in [2.75, 3.05) is 26.3 Å². The third-order valence-corrected chi connectivity index (χ3v) is 2.51. The van der Waals surface area contributed by atoms with Crippen molar-refractivity contribution >= 4 is 5.91 Å². The maximum atomic E-state index is 11.8. The van der Waals surface area contributed by atoms with E-state index >= 15 is 0 Å². The fourth-order valence-corrected chi connectivity index (χ4v) is 1.68. The van der Waals surface area contributed by atoms with E-state index in [0.29, 0.717) is 18.2 Å². The molecule has 82 valence electrons. The van der Waals surface area contributed by atoms with E-state index in [1.165, 1.54) is 0 Å². The van der Waals surface area contributed by atoms with Crippen LogP contribution in [0.1, 0.15) is 33.1 Å². The number of hydrogen-bond donors (Lipinski definition) is 0. The van der Waals surface area contributed by atoms with Gasteiger partial charge < -0.3 is 9.64 Å². The molecule has 1 aliphatic heterocycles. The highest BCUT2D eigenvalue weighted by molar-refractivity contribution is 5.76. The maximum Gasteiger partial charge on any atom is 0.223 e. The molecule has 0 unspecified atom stereocenters. The van der Waals surface area contributed by atoms with E-state index in [4.69, 9.17) is 4.74 Å². The molecule has 3 nitrogen and oxygen atoms in total. The Balaban J connectivity index is 2.28. The SMILES string of the molecule is CCCN(CCC)C(=O)CC1COC1. The first kappa shape index (κ1) is 11.5. The fourth-order valence-electron chi connectivity index (χ4n) is 1.68. The van der Waals surface area contributed by atoms with Crippen LogP contribution in [-0.4, -0.2) is 37.1 Å². The Morgan fingerprint density at radius 1 is 1.29 bits per heavy atom. The van der Waals surface area contributed by atoms with Gasteiger partial charge in [-0.2, -0.15) is 0 Å². The summed E-state index contributed by atoms with van der Waals surface area (Å²) < 4.78 is 5.06. The zero-order valence-corrected chi connectivity index (χ0v) is 9.29. The molecular formula is C11H21NO2. The van der Waals surface area contributed by atoms with E-state index in [1.807, 2.05) is 4.90 Å². The summed E-state index contributed by atoms with van der Waals surface area (Å²) in [6.07, 6.45) is 2.78. The van der Waals surface area contributed by atoms with Gasteiger partial charge in [-0.15, -0.1) is 0 Å². The zero-order chi connectivity index (χ0) is 10.4. The molecule has 0 atom stereocenters. The minimum absolute atomic E-state index is 0.307. The van der Waals surface area contributed by atoms with Crippen molar-refractivity contribution in [3.05, 3.63) is 0 Å². The van der Waals surface area contributed by atoms with Crippen LogP contribution in [0.15, 0.2) is 0 Å². The lowest BCUT2D eigenvalue weighted by molar-refractivity contribution is -0.136. The fraction of sp³-hybridized carbons (Fsp3) is 0.909. The molecule has 1 rings (SSSR count). The van der Waals surface area contributed by atoms with E-state index in [1.54, 1.807) is 0 Å². The predicted octanol–water partition coefficient (Wildman–Crippen LogP) is 1.67. The molecular weight excluding hydrogens is 178 g/mol. The number of ether oxygens (including phenoxy) is 1. The number of hydrogen-bond acceptors (Lipinski definition) is 2. The van der Waals surface area contributed by atoms with Crippen LogP contribution in [-0.2, 0) is 9.53 Å². The van der Waals surface area contributed by atoms with Crippen LogP contribution in [0.25, 0.3) is 0 Å². The molecule has 1 fully saturated rings. The van der Waals surface area contributed by atoms with Gasteiger partial charge in [0.2, 0.25) is 5.91 Å². The Bertz CT molecular complexity index is 172. The largest absolute Gasteiger partial charge is 0.381 e. The molecule has 0 aromatic rings. The molecule has 0 aromatic heterocycles. The molecule has 0 saturated carbocycles. The van der Waals surface area contributed by atoms with Crippen LogP contribution in [0.3, 0.4) is 0 Å². The van der Waals surface area contributed by atoms with Crippen molar-refractivity contribution in [1.82, 2.24) is 4.90 Å². The average Bonchev–Trinajstić information content (AvgIpc) is 2.11. The van der Waals surface area contributed by atoms with Crippen LogP contribution in [0, 0.1) is 5.92 Å². The molecule has 14 heavy (non-hydrogen) atoms.